The van der Waals surface area contributed by atoms with Crippen molar-refractivity contribution in [3.63, 3.8) is 0 Å². The van der Waals surface area contributed by atoms with Crippen molar-refractivity contribution in [2.24, 2.45) is 0 Å². The van der Waals surface area contributed by atoms with Crippen molar-refractivity contribution >= 4 is 17.7 Å². The van der Waals surface area contributed by atoms with E-state index < -0.39 is 41.2 Å². The third-order valence-corrected chi connectivity index (χ3v) is 5.08. The van der Waals surface area contributed by atoms with Crippen molar-refractivity contribution in [3.8, 4) is 0 Å². The number of carbonyl (C=O) groups is 3. The van der Waals surface area contributed by atoms with Gasteiger partial charge in [-0.1, -0.05) is 18.2 Å². The molecule has 0 saturated carbocycles. The van der Waals surface area contributed by atoms with E-state index >= 15 is 0 Å². The van der Waals surface area contributed by atoms with E-state index in [2.05, 4.69) is 4.74 Å². The Balaban J connectivity index is 2.25. The lowest BCUT2D eigenvalue weighted by Crippen LogP contribution is -2.55. The van der Waals surface area contributed by atoms with Gasteiger partial charge < -0.3 is 9.64 Å². The standard InChI is InChI=1S/C20H20F6N2O4/c1-12-4-5-13(10-14(12)18(32-3,19(21,22)23)20(24,25)26)11-27(2)15(29)8-9-28-16(30)6-7-17(28)31/h4-7,10H,8-9,11H2,1-3H3. The Bertz CT molecular complexity index is 907. The average molecular weight is 466 g/mol. The Hall–Kier alpha value is -2.89. The molecule has 2 rings (SSSR count). The molecular weight excluding hydrogens is 446 g/mol. The van der Waals surface area contributed by atoms with Gasteiger partial charge in [0.15, 0.2) is 0 Å². The summed E-state index contributed by atoms with van der Waals surface area (Å²) in [6.07, 6.45) is -9.76. The monoisotopic (exact) mass is 466 g/mol. The first-order valence-electron chi connectivity index (χ1n) is 9.21. The summed E-state index contributed by atoms with van der Waals surface area (Å²) < 4.78 is 85.6. The second-order valence-corrected chi connectivity index (χ2v) is 7.19. The third kappa shape index (κ3) is 4.64. The Kier molecular flexibility index (Phi) is 7.08. The van der Waals surface area contributed by atoms with Gasteiger partial charge in [0.05, 0.1) is 0 Å². The SMILES string of the molecule is COC(c1cc(CN(C)C(=O)CCN2C(=O)C=CC2=O)ccc1C)(C(F)(F)F)C(F)(F)F. The molecule has 0 spiro atoms. The van der Waals surface area contributed by atoms with Crippen molar-refractivity contribution in [1.82, 2.24) is 9.80 Å². The number of ether oxygens (including phenoxy) is 1. The highest BCUT2D eigenvalue weighted by Gasteiger charge is 2.73. The molecule has 0 N–H and O–H groups in total. The molecule has 0 fully saturated rings. The lowest BCUT2D eigenvalue weighted by atomic mass is 9.87. The molecule has 1 aromatic rings. The zero-order chi connectivity index (χ0) is 24.5. The van der Waals surface area contributed by atoms with Gasteiger partial charge in [0, 0.05) is 51.4 Å². The Labute approximate surface area is 179 Å². The van der Waals surface area contributed by atoms with Crippen LogP contribution in [0.25, 0.3) is 0 Å². The smallest absolute Gasteiger partial charge is 0.357 e. The first kappa shape index (κ1) is 25.4. The molecule has 1 aromatic carbocycles. The van der Waals surface area contributed by atoms with Gasteiger partial charge in [0.25, 0.3) is 17.4 Å². The van der Waals surface area contributed by atoms with Gasteiger partial charge in [0.1, 0.15) is 0 Å². The van der Waals surface area contributed by atoms with Gasteiger partial charge in [-0.2, -0.15) is 26.3 Å². The molecule has 176 valence electrons. The number of halogens is 6. The van der Waals surface area contributed by atoms with Crippen LogP contribution in [0, 0.1) is 6.92 Å². The summed E-state index contributed by atoms with van der Waals surface area (Å²) in [5.74, 6) is -1.73. The van der Waals surface area contributed by atoms with Crippen LogP contribution in [0.2, 0.25) is 0 Å². The topological polar surface area (TPSA) is 66.9 Å². The normalized spacial score (nSPS) is 15.0. The number of hydrogen-bond donors (Lipinski definition) is 0. The van der Waals surface area contributed by atoms with Gasteiger partial charge in [-0.15, -0.1) is 0 Å². The first-order valence-corrected chi connectivity index (χ1v) is 9.21. The summed E-state index contributed by atoms with van der Waals surface area (Å²) >= 11 is 0. The molecule has 6 nitrogen and oxygen atoms in total. The number of amides is 3. The Morgan fingerprint density at radius 3 is 2.03 bits per heavy atom. The fourth-order valence-corrected chi connectivity index (χ4v) is 3.37. The van der Waals surface area contributed by atoms with E-state index in [-0.39, 0.29) is 30.6 Å². The van der Waals surface area contributed by atoms with E-state index in [1.54, 1.807) is 0 Å². The zero-order valence-corrected chi connectivity index (χ0v) is 17.3. The molecular formula is C20H20F6N2O4. The maximum absolute atomic E-state index is 13.6. The summed E-state index contributed by atoms with van der Waals surface area (Å²) in [5.41, 5.74) is -5.95. The number of carbonyl (C=O) groups excluding carboxylic acids is 3. The highest BCUT2D eigenvalue weighted by molar-refractivity contribution is 6.13. The van der Waals surface area contributed by atoms with Gasteiger partial charge in [0.2, 0.25) is 5.91 Å². The summed E-state index contributed by atoms with van der Waals surface area (Å²) in [5, 5.41) is 0. The van der Waals surface area contributed by atoms with Crippen LogP contribution in [0.5, 0.6) is 0 Å². The second kappa shape index (κ2) is 8.93. The zero-order valence-electron chi connectivity index (χ0n) is 17.3. The number of rotatable bonds is 7. The van der Waals surface area contributed by atoms with Crippen LogP contribution in [0.1, 0.15) is 23.1 Å². The highest BCUT2D eigenvalue weighted by Crippen LogP contribution is 2.53. The number of imide groups is 1. The molecule has 1 aliphatic heterocycles. The maximum Gasteiger partial charge on any atom is 0.430 e. The molecule has 0 unspecified atom stereocenters. The van der Waals surface area contributed by atoms with Crippen LogP contribution in [0.15, 0.2) is 30.4 Å². The molecule has 3 amide bonds. The number of hydrogen-bond acceptors (Lipinski definition) is 4. The van der Waals surface area contributed by atoms with Crippen molar-refractivity contribution in [1.29, 1.82) is 0 Å². The van der Waals surface area contributed by atoms with E-state index in [9.17, 15) is 40.7 Å². The Morgan fingerprint density at radius 1 is 1.03 bits per heavy atom. The van der Waals surface area contributed by atoms with Crippen LogP contribution in [-0.2, 0) is 31.3 Å². The van der Waals surface area contributed by atoms with Crippen LogP contribution in [0.3, 0.4) is 0 Å². The lowest BCUT2D eigenvalue weighted by Gasteiger charge is -2.37. The van der Waals surface area contributed by atoms with E-state index in [1.165, 1.54) is 13.1 Å². The molecule has 0 aliphatic carbocycles. The van der Waals surface area contributed by atoms with E-state index in [0.29, 0.717) is 13.2 Å². The molecule has 1 heterocycles. The minimum absolute atomic E-state index is 0.00590. The summed E-state index contributed by atoms with van der Waals surface area (Å²) in [6.45, 7) is 0.584. The van der Waals surface area contributed by atoms with Gasteiger partial charge >= 0.3 is 12.4 Å². The van der Waals surface area contributed by atoms with Crippen molar-refractivity contribution in [3.05, 3.63) is 47.0 Å². The minimum Gasteiger partial charge on any atom is -0.357 e. The molecule has 0 radical (unpaired) electrons. The van der Waals surface area contributed by atoms with Crippen molar-refractivity contribution < 1.29 is 45.5 Å². The second-order valence-electron chi connectivity index (χ2n) is 7.19. The highest BCUT2D eigenvalue weighted by atomic mass is 19.4. The lowest BCUT2D eigenvalue weighted by molar-refractivity contribution is -0.383. The molecule has 1 aliphatic rings. The van der Waals surface area contributed by atoms with E-state index in [4.69, 9.17) is 0 Å². The van der Waals surface area contributed by atoms with Crippen LogP contribution < -0.4 is 0 Å². The number of nitrogens with zero attached hydrogens (tertiary/aromatic N) is 2. The summed E-state index contributed by atoms with van der Waals surface area (Å²) in [7, 11) is 1.63. The summed E-state index contributed by atoms with van der Waals surface area (Å²) in [4.78, 5) is 37.2. The predicted molar refractivity (Wildman–Crippen MR) is 98.9 cm³/mol. The van der Waals surface area contributed by atoms with Gasteiger partial charge in [-0.3, -0.25) is 19.3 Å². The van der Waals surface area contributed by atoms with Crippen molar-refractivity contribution in [2.75, 3.05) is 20.7 Å². The molecule has 0 bridgehead atoms. The quantitative estimate of drug-likeness (QED) is 0.457. The van der Waals surface area contributed by atoms with Gasteiger partial charge in [-0.25, -0.2) is 0 Å². The molecule has 12 heteroatoms. The fourth-order valence-electron chi connectivity index (χ4n) is 3.37. The molecule has 0 saturated heterocycles. The largest absolute Gasteiger partial charge is 0.430 e. The number of alkyl halides is 6. The molecule has 32 heavy (non-hydrogen) atoms. The summed E-state index contributed by atoms with van der Waals surface area (Å²) in [6, 6.07) is 3.09. The van der Waals surface area contributed by atoms with Crippen molar-refractivity contribution in [2.45, 2.75) is 37.8 Å². The minimum atomic E-state index is -5.80. The predicted octanol–water partition coefficient (Wildman–Crippen LogP) is 3.23. The molecule has 0 aromatic heterocycles. The fraction of sp³-hybridized carbons (Fsp3) is 0.450. The van der Waals surface area contributed by atoms with Crippen LogP contribution in [-0.4, -0.2) is 60.6 Å². The molecule has 0 atom stereocenters. The van der Waals surface area contributed by atoms with E-state index in [1.807, 2.05) is 0 Å². The number of aryl methyl sites for hydroxylation is 1. The van der Waals surface area contributed by atoms with Crippen LogP contribution >= 0.6 is 0 Å². The van der Waals surface area contributed by atoms with E-state index in [0.717, 1.165) is 34.9 Å². The number of benzene rings is 1. The van der Waals surface area contributed by atoms with Gasteiger partial charge in [-0.05, 0) is 18.1 Å². The van der Waals surface area contributed by atoms with Crippen LogP contribution in [0.4, 0.5) is 26.3 Å². The number of methoxy groups -OCH3 is 1. The third-order valence-electron chi connectivity index (χ3n) is 5.08. The first-order chi connectivity index (χ1) is 14.7. The average Bonchev–Trinajstić information content (AvgIpc) is 2.98. The Morgan fingerprint density at radius 2 is 1.56 bits per heavy atom. The maximum atomic E-state index is 13.6.